The molecule has 1 aliphatic rings. The van der Waals surface area contributed by atoms with Gasteiger partial charge in [0.15, 0.2) is 0 Å². The van der Waals surface area contributed by atoms with Crippen molar-refractivity contribution in [1.82, 2.24) is 4.90 Å². The molecule has 72 valence electrons. The van der Waals surface area contributed by atoms with E-state index in [2.05, 4.69) is 25.7 Å². The monoisotopic (exact) mass is 171 g/mol. The second-order valence-electron chi connectivity index (χ2n) is 3.92. The third kappa shape index (κ3) is 1.38. The van der Waals surface area contributed by atoms with Gasteiger partial charge in [0.2, 0.25) is 0 Å². The van der Waals surface area contributed by atoms with Crippen LogP contribution in [0, 0.1) is 0 Å². The molecule has 0 aliphatic carbocycles. The Labute approximate surface area is 75.6 Å². The molecule has 0 aromatic carbocycles. The first kappa shape index (κ1) is 10.0. The second-order valence-corrected chi connectivity index (χ2v) is 3.92. The number of hydrogen-bond acceptors (Lipinski definition) is 2. The van der Waals surface area contributed by atoms with Crippen LogP contribution in [0.1, 0.15) is 40.0 Å². The first-order valence-electron chi connectivity index (χ1n) is 5.07. The van der Waals surface area contributed by atoms with Crippen LogP contribution >= 0.6 is 0 Å². The first-order valence-corrected chi connectivity index (χ1v) is 5.07. The maximum absolute atomic E-state index is 9.39. The zero-order valence-electron chi connectivity index (χ0n) is 8.51. The summed E-state index contributed by atoms with van der Waals surface area (Å²) in [4.78, 5) is 2.45. The number of likely N-dealkylation sites (tertiary alicyclic amines) is 1. The summed E-state index contributed by atoms with van der Waals surface area (Å²) in [6, 6.07) is 0.678. The van der Waals surface area contributed by atoms with E-state index >= 15 is 0 Å². The van der Waals surface area contributed by atoms with E-state index < -0.39 is 0 Å². The van der Waals surface area contributed by atoms with Gasteiger partial charge >= 0.3 is 0 Å². The summed E-state index contributed by atoms with van der Waals surface area (Å²) in [6.45, 7) is 8.07. The molecule has 2 heteroatoms. The third-order valence-corrected chi connectivity index (χ3v) is 3.54. The van der Waals surface area contributed by atoms with Crippen LogP contribution in [0.5, 0.6) is 0 Å². The Kier molecular flexibility index (Phi) is 3.13. The van der Waals surface area contributed by atoms with Crippen molar-refractivity contribution >= 4 is 0 Å². The largest absolute Gasteiger partial charge is 0.394 e. The van der Waals surface area contributed by atoms with Gasteiger partial charge in [0.05, 0.1) is 6.61 Å². The molecule has 0 aromatic heterocycles. The van der Waals surface area contributed by atoms with Crippen LogP contribution in [0.3, 0.4) is 0 Å². The molecular formula is C10H21NO. The number of nitrogens with zero attached hydrogens (tertiary/aromatic N) is 1. The van der Waals surface area contributed by atoms with Crippen LogP contribution in [0.4, 0.5) is 0 Å². The molecule has 1 atom stereocenters. The molecule has 1 saturated heterocycles. The Bertz CT molecular complexity index is 135. The van der Waals surface area contributed by atoms with Gasteiger partial charge in [-0.1, -0.05) is 13.8 Å². The lowest BCUT2D eigenvalue weighted by Gasteiger charge is -2.52. The summed E-state index contributed by atoms with van der Waals surface area (Å²) >= 11 is 0. The minimum absolute atomic E-state index is 0.0810. The first-order chi connectivity index (χ1) is 5.70. The van der Waals surface area contributed by atoms with E-state index in [0.29, 0.717) is 12.6 Å². The van der Waals surface area contributed by atoms with E-state index in [9.17, 15) is 5.11 Å². The van der Waals surface area contributed by atoms with Crippen molar-refractivity contribution < 1.29 is 5.11 Å². The Morgan fingerprint density at radius 1 is 1.42 bits per heavy atom. The fourth-order valence-electron chi connectivity index (χ4n) is 2.19. The average molecular weight is 171 g/mol. The molecule has 1 fully saturated rings. The number of aliphatic hydroxyl groups is 1. The van der Waals surface area contributed by atoms with Crippen molar-refractivity contribution in [2.24, 2.45) is 0 Å². The standard InChI is InChI=1S/C10H21NO/c1-4-10(5-2,8-12)11-7-6-9(11)3/h9,12H,4-8H2,1-3H3. The molecule has 1 heterocycles. The van der Waals surface area contributed by atoms with Crippen LogP contribution < -0.4 is 0 Å². The summed E-state index contributed by atoms with van der Waals surface area (Å²) in [5, 5.41) is 9.39. The Morgan fingerprint density at radius 3 is 2.08 bits per heavy atom. The maximum Gasteiger partial charge on any atom is 0.0615 e. The molecule has 1 unspecified atom stereocenters. The van der Waals surface area contributed by atoms with Gasteiger partial charge in [-0.3, -0.25) is 4.90 Å². The lowest BCUT2D eigenvalue weighted by atomic mass is 9.85. The van der Waals surface area contributed by atoms with Crippen LogP contribution in [0.15, 0.2) is 0 Å². The zero-order chi connectivity index (χ0) is 9.19. The van der Waals surface area contributed by atoms with E-state index in [4.69, 9.17) is 0 Å². The molecule has 0 bridgehead atoms. The lowest BCUT2D eigenvalue weighted by molar-refractivity contribution is -0.0555. The van der Waals surface area contributed by atoms with Gasteiger partial charge in [0.25, 0.3) is 0 Å². The highest BCUT2D eigenvalue weighted by molar-refractivity contribution is 4.95. The second kappa shape index (κ2) is 3.75. The fourth-order valence-corrected chi connectivity index (χ4v) is 2.19. The Balaban J connectivity index is 2.63. The van der Waals surface area contributed by atoms with Gasteiger partial charge in [-0.2, -0.15) is 0 Å². The molecule has 1 aliphatic heterocycles. The highest BCUT2D eigenvalue weighted by atomic mass is 16.3. The molecular weight excluding hydrogens is 150 g/mol. The molecule has 0 spiro atoms. The summed E-state index contributed by atoms with van der Waals surface area (Å²) < 4.78 is 0. The highest BCUT2D eigenvalue weighted by Gasteiger charge is 2.40. The minimum atomic E-state index is 0.0810. The number of aliphatic hydroxyl groups excluding tert-OH is 1. The fraction of sp³-hybridized carbons (Fsp3) is 1.00. The van der Waals surface area contributed by atoms with Crippen LogP contribution in [-0.4, -0.2) is 34.7 Å². The Morgan fingerprint density at radius 2 is 2.00 bits per heavy atom. The van der Waals surface area contributed by atoms with Gasteiger partial charge in [-0.25, -0.2) is 0 Å². The third-order valence-electron chi connectivity index (χ3n) is 3.54. The smallest absolute Gasteiger partial charge is 0.0615 e. The van der Waals surface area contributed by atoms with Gasteiger partial charge in [0.1, 0.15) is 0 Å². The predicted octanol–water partition coefficient (Wildman–Crippen LogP) is 1.63. The van der Waals surface area contributed by atoms with E-state index in [1.807, 2.05) is 0 Å². The van der Waals surface area contributed by atoms with E-state index in [0.717, 1.165) is 12.8 Å². The van der Waals surface area contributed by atoms with Gasteiger partial charge in [-0.05, 0) is 26.2 Å². The predicted molar refractivity (Wildman–Crippen MR) is 51.2 cm³/mol. The zero-order valence-corrected chi connectivity index (χ0v) is 8.51. The normalized spacial score (nSPS) is 25.5. The quantitative estimate of drug-likeness (QED) is 0.695. The number of hydrogen-bond donors (Lipinski definition) is 1. The summed E-state index contributed by atoms with van der Waals surface area (Å²) in [6.07, 6.45) is 3.41. The number of rotatable bonds is 4. The van der Waals surface area contributed by atoms with Crippen molar-refractivity contribution in [2.45, 2.75) is 51.6 Å². The van der Waals surface area contributed by atoms with Crippen molar-refractivity contribution in [3.8, 4) is 0 Å². The van der Waals surface area contributed by atoms with E-state index in [1.165, 1.54) is 13.0 Å². The average Bonchev–Trinajstić information content (AvgIpc) is 2.11. The van der Waals surface area contributed by atoms with Crippen molar-refractivity contribution in [1.29, 1.82) is 0 Å². The van der Waals surface area contributed by atoms with E-state index in [-0.39, 0.29) is 5.54 Å². The SMILES string of the molecule is CCC(CC)(CO)N1CCC1C. The molecule has 0 radical (unpaired) electrons. The maximum atomic E-state index is 9.39. The van der Waals surface area contributed by atoms with Crippen molar-refractivity contribution in [3.63, 3.8) is 0 Å². The van der Waals surface area contributed by atoms with Gasteiger partial charge < -0.3 is 5.11 Å². The molecule has 0 aromatic rings. The lowest BCUT2D eigenvalue weighted by Crippen LogP contribution is -2.61. The van der Waals surface area contributed by atoms with E-state index in [1.54, 1.807) is 0 Å². The molecule has 12 heavy (non-hydrogen) atoms. The molecule has 2 nitrogen and oxygen atoms in total. The topological polar surface area (TPSA) is 23.5 Å². The van der Waals surface area contributed by atoms with Gasteiger partial charge in [-0.15, -0.1) is 0 Å². The van der Waals surface area contributed by atoms with Crippen LogP contribution in [0.2, 0.25) is 0 Å². The molecule has 0 amide bonds. The minimum Gasteiger partial charge on any atom is -0.394 e. The highest BCUT2D eigenvalue weighted by Crippen LogP contribution is 2.32. The van der Waals surface area contributed by atoms with Crippen molar-refractivity contribution in [3.05, 3.63) is 0 Å². The summed E-state index contributed by atoms with van der Waals surface area (Å²) in [7, 11) is 0. The summed E-state index contributed by atoms with van der Waals surface area (Å²) in [5.41, 5.74) is 0.0810. The van der Waals surface area contributed by atoms with Crippen molar-refractivity contribution in [2.75, 3.05) is 13.2 Å². The summed E-state index contributed by atoms with van der Waals surface area (Å²) in [5.74, 6) is 0. The van der Waals surface area contributed by atoms with Crippen LogP contribution in [0.25, 0.3) is 0 Å². The molecule has 0 saturated carbocycles. The van der Waals surface area contributed by atoms with Gasteiger partial charge in [0, 0.05) is 18.1 Å². The van der Waals surface area contributed by atoms with Crippen LogP contribution in [-0.2, 0) is 0 Å². The molecule has 1 rings (SSSR count). The Hall–Kier alpha value is -0.0800. The molecule has 1 N–H and O–H groups in total.